The first-order valence-corrected chi connectivity index (χ1v) is 32.2. The third-order valence-electron chi connectivity index (χ3n) is 15.4. The standard InChI is InChI=1S/C61H89N7O22S2/c1-33(15-16-39(26-86-55(83-10)30-80-7)35(3)56(89-38(6)70)34(2)19-20-63-32-69)49(82-9)24-50-37(5)48(81-8)13-12-14-52-66-44(28-85-52)59-68-45(29-88-59)60-67-43(27-87-60)57(84-11)36(4)47(72)23-41(21-40(71)22-54(76)90-50)92-91-31-46(61(78)79)65-51(73)25-64-58(77)42(62)17-18-53(74)75/h12,14,19-20,26-29,32-37,40-42,46,48-50,55-57,71H,13,15-18,21-25,30-31,62H2,1-11H3,(H,63,69)(H,64,77)(H,65,73)(H,74,75)(H,78,79)/b14-12+,20-19+,39-26-/t33?,34?,35?,36?,37?,40?,41?,42-,46-,48?,49?,50?,55?,56?,57?/m0/s1. The number of Topliss-reactive ketones (excluding diaryl/α,β-unsaturated/α-hetero) is 1. The first-order valence-electron chi connectivity index (χ1n) is 29.8. The van der Waals surface area contributed by atoms with Gasteiger partial charge in [-0.25, -0.2) is 19.7 Å². The molecule has 92 heavy (non-hydrogen) atoms. The van der Waals surface area contributed by atoms with Crippen LogP contribution >= 0.6 is 21.6 Å². The molecule has 0 aliphatic carbocycles. The summed E-state index contributed by atoms with van der Waals surface area (Å²) < 4.78 is 64.3. The molecule has 31 heteroatoms. The van der Waals surface area contributed by atoms with Gasteiger partial charge in [-0.3, -0.25) is 33.6 Å². The highest BCUT2D eigenvalue weighted by Gasteiger charge is 2.37. The molecule has 0 radical (unpaired) electrons. The number of carbonyl (C=O) groups excluding carboxylic acids is 6. The van der Waals surface area contributed by atoms with E-state index in [-0.39, 0.29) is 103 Å². The lowest BCUT2D eigenvalue weighted by molar-refractivity contribution is -0.160. The number of carboxylic acid groups (broad SMARTS) is 2. The molecule has 0 aromatic carbocycles. The number of fused-ring (bicyclic) bond motifs is 8. The van der Waals surface area contributed by atoms with E-state index in [2.05, 4.69) is 30.9 Å². The van der Waals surface area contributed by atoms with Crippen LogP contribution in [-0.4, -0.2) is 187 Å². The van der Waals surface area contributed by atoms with Gasteiger partial charge in [0.15, 0.2) is 11.4 Å². The van der Waals surface area contributed by atoms with Gasteiger partial charge in [0.25, 0.3) is 0 Å². The van der Waals surface area contributed by atoms with E-state index < -0.39 is 127 Å². The van der Waals surface area contributed by atoms with Crippen LogP contribution in [-0.2, 0) is 76.3 Å². The van der Waals surface area contributed by atoms with Crippen LogP contribution in [0.3, 0.4) is 0 Å². The normalized spacial score (nSPS) is 22.6. The van der Waals surface area contributed by atoms with Crippen LogP contribution in [0, 0.1) is 29.6 Å². The van der Waals surface area contributed by atoms with E-state index in [0.29, 0.717) is 19.3 Å². The first kappa shape index (κ1) is 77.5. The Morgan fingerprint density at radius 2 is 1.61 bits per heavy atom. The molecule has 4 heterocycles. The number of nitrogens with zero attached hydrogens (tertiary/aromatic N) is 3. The Morgan fingerprint density at radius 1 is 0.902 bits per heavy atom. The molecule has 1 aliphatic heterocycles. The predicted octanol–water partition coefficient (Wildman–Crippen LogP) is 5.82. The Kier molecular flexibility index (Phi) is 33.9. The molecule has 4 rings (SSSR count). The number of ketones is 1. The summed E-state index contributed by atoms with van der Waals surface area (Å²) in [7, 11) is 9.45. The Morgan fingerprint density at radius 3 is 2.26 bits per heavy atom. The van der Waals surface area contributed by atoms with Crippen molar-refractivity contribution < 1.29 is 105 Å². The van der Waals surface area contributed by atoms with Crippen LogP contribution in [0.4, 0.5) is 0 Å². The molecule has 3 aromatic heterocycles. The van der Waals surface area contributed by atoms with Crippen molar-refractivity contribution in [3.8, 4) is 23.2 Å². The molecular weight excluding hydrogens is 1250 g/mol. The van der Waals surface area contributed by atoms with Gasteiger partial charge < -0.3 is 88.1 Å². The molecular formula is C61H89N7O22S2. The maximum absolute atomic E-state index is 14.4. The maximum atomic E-state index is 14.4. The fraction of sp³-hybridized carbons (Fsp3) is 0.623. The molecule has 1 aliphatic rings. The molecule has 13 unspecified atom stereocenters. The molecule has 512 valence electrons. The number of aliphatic carboxylic acids is 2. The second-order valence-electron chi connectivity index (χ2n) is 22.3. The summed E-state index contributed by atoms with van der Waals surface area (Å²) >= 11 is 0. The number of aliphatic hydroxyl groups is 1. The van der Waals surface area contributed by atoms with E-state index in [0.717, 1.165) is 27.2 Å². The predicted molar refractivity (Wildman–Crippen MR) is 334 cm³/mol. The SMILES string of the molecule is COCC(OC)O/C=C(/CCC(C)C(CC1OC(=O)CC(O)CC(SSC[C@H](NC(=O)CNC(=O)[C@@H](N)CCC(=O)O)C(=O)O)CC(=O)C(C)C(OC)c2coc(n2)-c2coc(n2)-c2coc(n2)/C=C/CC(OC)C1C)OC)C(C)C(OC(C)=O)C(C)/C=C/NC=O. The summed E-state index contributed by atoms with van der Waals surface area (Å²) in [6.07, 6.45) is 6.51. The number of ether oxygens (including phenoxy) is 8. The van der Waals surface area contributed by atoms with Crippen molar-refractivity contribution in [1.29, 1.82) is 0 Å². The minimum Gasteiger partial charge on any atom is -0.481 e. The van der Waals surface area contributed by atoms with Gasteiger partial charge in [-0.1, -0.05) is 68.4 Å². The van der Waals surface area contributed by atoms with Crippen LogP contribution in [0.25, 0.3) is 29.2 Å². The summed E-state index contributed by atoms with van der Waals surface area (Å²) in [6, 6.07) is -2.74. The number of esters is 2. The van der Waals surface area contributed by atoms with Crippen molar-refractivity contribution in [2.24, 2.45) is 35.3 Å². The number of carbonyl (C=O) groups is 8. The van der Waals surface area contributed by atoms with E-state index in [1.807, 2.05) is 27.7 Å². The second-order valence-corrected chi connectivity index (χ2v) is 25.0. The van der Waals surface area contributed by atoms with Crippen LogP contribution < -0.4 is 21.7 Å². The maximum Gasteiger partial charge on any atom is 0.327 e. The van der Waals surface area contributed by atoms with Crippen LogP contribution in [0.1, 0.15) is 117 Å². The zero-order valence-corrected chi connectivity index (χ0v) is 55.3. The Bertz CT molecular complexity index is 2920. The van der Waals surface area contributed by atoms with Crippen LogP contribution in [0.15, 0.2) is 62.2 Å². The molecule has 0 spiro atoms. The average molecular weight is 1340 g/mol. The summed E-state index contributed by atoms with van der Waals surface area (Å²) in [5.41, 5.74) is 7.19. The highest BCUT2D eigenvalue weighted by atomic mass is 33.1. The third-order valence-corrected chi connectivity index (χ3v) is 18.3. The molecule has 0 saturated heterocycles. The fourth-order valence-electron chi connectivity index (χ4n) is 10.0. The van der Waals surface area contributed by atoms with E-state index >= 15 is 0 Å². The number of nitrogens with one attached hydrogen (secondary N) is 3. The van der Waals surface area contributed by atoms with E-state index in [9.17, 15) is 48.6 Å². The van der Waals surface area contributed by atoms with E-state index in [1.165, 1.54) is 60.4 Å². The highest BCUT2D eigenvalue weighted by Crippen LogP contribution is 2.38. The number of nitrogens with two attached hydrogens (primary N) is 1. The van der Waals surface area contributed by atoms with Crippen molar-refractivity contribution in [2.45, 2.75) is 160 Å². The van der Waals surface area contributed by atoms with Gasteiger partial charge in [0.05, 0.1) is 43.6 Å². The monoisotopic (exact) mass is 1340 g/mol. The number of carboxylic acids is 2. The average Bonchev–Trinajstić information content (AvgIpc) is 2.36. The number of aromatic nitrogens is 3. The van der Waals surface area contributed by atoms with Crippen molar-refractivity contribution in [1.82, 2.24) is 30.9 Å². The number of oxazole rings is 3. The Hall–Kier alpha value is -6.97. The smallest absolute Gasteiger partial charge is 0.327 e. The number of rotatable bonds is 33. The molecule has 29 nitrogen and oxygen atoms in total. The topological polar surface area (TPSA) is 411 Å². The fourth-order valence-corrected chi connectivity index (χ4v) is 12.8. The van der Waals surface area contributed by atoms with Crippen molar-refractivity contribution in [3.63, 3.8) is 0 Å². The zero-order chi connectivity index (χ0) is 68.0. The van der Waals surface area contributed by atoms with Gasteiger partial charge in [0.1, 0.15) is 61.2 Å². The molecule has 3 amide bonds. The molecule has 0 saturated carbocycles. The van der Waals surface area contributed by atoms with Gasteiger partial charge in [0.2, 0.25) is 42.2 Å². The molecule has 6 bridgehead atoms. The lowest BCUT2D eigenvalue weighted by atomic mass is 9.83. The zero-order valence-electron chi connectivity index (χ0n) is 53.7. The quantitative estimate of drug-likeness (QED) is 0.0124. The summed E-state index contributed by atoms with van der Waals surface area (Å²) in [4.78, 5) is 115. The second kappa shape index (κ2) is 40.2. The number of hydrogen-bond donors (Lipinski definition) is 7. The lowest BCUT2D eigenvalue weighted by Crippen LogP contribution is -2.49. The number of amides is 3. The summed E-state index contributed by atoms with van der Waals surface area (Å²) in [5.74, 6) is -8.36. The Labute approximate surface area is 542 Å². The number of methoxy groups -OCH3 is 5. The Balaban J connectivity index is 1.69. The lowest BCUT2D eigenvalue weighted by Gasteiger charge is -2.34. The minimum atomic E-state index is -1.51. The molecule has 3 aromatic rings. The largest absolute Gasteiger partial charge is 0.481 e. The van der Waals surface area contributed by atoms with Gasteiger partial charge in [-0.15, -0.1) is 0 Å². The van der Waals surface area contributed by atoms with E-state index in [4.69, 9.17) is 62.0 Å². The molecule has 15 atom stereocenters. The van der Waals surface area contributed by atoms with Crippen molar-refractivity contribution >= 4 is 75.5 Å². The van der Waals surface area contributed by atoms with Gasteiger partial charge in [0, 0.05) is 96.4 Å². The first-order chi connectivity index (χ1) is 43.9. The highest BCUT2D eigenvalue weighted by molar-refractivity contribution is 8.77. The van der Waals surface area contributed by atoms with Gasteiger partial charge in [-0.05, 0) is 55.9 Å². The van der Waals surface area contributed by atoms with Gasteiger partial charge >= 0.3 is 23.9 Å². The van der Waals surface area contributed by atoms with Crippen molar-refractivity contribution in [3.05, 3.63) is 60.6 Å². The van der Waals surface area contributed by atoms with Gasteiger partial charge in [-0.2, -0.15) is 0 Å². The number of cyclic esters (lactones) is 1. The molecule has 8 N–H and O–H groups in total. The van der Waals surface area contributed by atoms with E-state index in [1.54, 1.807) is 38.5 Å². The molecule has 0 fully saturated rings. The summed E-state index contributed by atoms with van der Waals surface area (Å²) in [5, 5.41) is 37.2. The summed E-state index contributed by atoms with van der Waals surface area (Å²) in [6.45, 7) is 9.96. The number of aliphatic hydroxyl groups excluding tert-OH is 1. The van der Waals surface area contributed by atoms with Crippen LogP contribution in [0.2, 0.25) is 0 Å². The van der Waals surface area contributed by atoms with Crippen LogP contribution in [0.5, 0.6) is 0 Å². The third kappa shape index (κ3) is 25.5. The van der Waals surface area contributed by atoms with Crippen molar-refractivity contribution in [2.75, 3.05) is 54.5 Å². The minimum absolute atomic E-state index is 0.0468. The number of hydrogen-bond acceptors (Lipinski definition) is 26.